The Morgan fingerprint density at radius 2 is 1.06 bits per heavy atom. The van der Waals surface area contributed by atoms with E-state index in [2.05, 4.69) is 12.1 Å². The van der Waals surface area contributed by atoms with E-state index < -0.39 is 11.7 Å². The maximum Gasteiger partial charge on any atom is 0.305 e. The van der Waals surface area contributed by atoms with Gasteiger partial charge in [-0.15, -0.1) is 0 Å². The summed E-state index contributed by atoms with van der Waals surface area (Å²) in [5, 5.41) is 10.8. The fourth-order valence-electron chi connectivity index (χ4n) is 7.56. The van der Waals surface area contributed by atoms with Crippen LogP contribution in [0.4, 0.5) is 0 Å². The molecule has 3 aromatic rings. The van der Waals surface area contributed by atoms with E-state index in [4.69, 9.17) is 18.9 Å². The molecule has 0 radical (unpaired) electrons. The minimum absolute atomic E-state index is 0.0952. The third-order valence-electron chi connectivity index (χ3n) is 10.6. The van der Waals surface area contributed by atoms with Gasteiger partial charge in [-0.3, -0.25) is 9.59 Å². The molecule has 0 unspecified atom stereocenters. The predicted octanol–water partition coefficient (Wildman–Crippen LogP) is 9.39. The standard InChI is InChI=1S/C45H63NO7/c1-50-41-29-25-37(26-30-41)45(36-21-17-16-18-22-36,38-27-31-42(51-2)32-28-38)53-35-39-33-40(47)34-46(39)43(48)23-19-14-12-10-8-6-4-5-7-9-11-13-15-20-24-44(49)52-3/h16-18,21-22,25-32,39-40,47H,4-15,19-20,23-24,33-35H2,1-3H3/t39-,40+/m0/s1. The molecule has 0 spiro atoms. The molecule has 1 aliphatic heterocycles. The van der Waals surface area contributed by atoms with Gasteiger partial charge in [0.25, 0.3) is 0 Å². The number of unbranched alkanes of at least 4 members (excludes halogenated alkanes) is 13. The molecular formula is C45H63NO7. The van der Waals surface area contributed by atoms with Gasteiger partial charge in [0.15, 0.2) is 0 Å². The molecule has 0 aliphatic carbocycles. The summed E-state index contributed by atoms with van der Waals surface area (Å²) < 4.78 is 22.7. The monoisotopic (exact) mass is 729 g/mol. The number of hydrogen-bond donors (Lipinski definition) is 1. The van der Waals surface area contributed by atoms with Crippen molar-refractivity contribution in [2.45, 2.75) is 127 Å². The van der Waals surface area contributed by atoms with E-state index in [0.29, 0.717) is 25.8 Å². The highest BCUT2D eigenvalue weighted by atomic mass is 16.5. The molecule has 0 aromatic heterocycles. The van der Waals surface area contributed by atoms with Crippen molar-refractivity contribution in [3.05, 3.63) is 95.6 Å². The number of carbonyl (C=O) groups excluding carboxylic acids is 2. The van der Waals surface area contributed by atoms with Gasteiger partial charge >= 0.3 is 5.97 Å². The number of aliphatic hydroxyl groups is 1. The molecule has 1 saturated heterocycles. The first kappa shape index (κ1) is 41.9. The van der Waals surface area contributed by atoms with Gasteiger partial charge in [0.2, 0.25) is 5.91 Å². The van der Waals surface area contributed by atoms with E-state index in [0.717, 1.165) is 60.3 Å². The van der Waals surface area contributed by atoms with Crippen LogP contribution in [0, 0.1) is 0 Å². The summed E-state index contributed by atoms with van der Waals surface area (Å²) in [7, 11) is 4.76. The molecule has 1 aliphatic rings. The molecule has 1 fully saturated rings. The normalized spacial score (nSPS) is 15.7. The van der Waals surface area contributed by atoms with Crippen LogP contribution >= 0.6 is 0 Å². The summed E-state index contributed by atoms with van der Waals surface area (Å²) in [6.45, 7) is 0.610. The van der Waals surface area contributed by atoms with Crippen LogP contribution in [0.2, 0.25) is 0 Å². The zero-order valence-corrected chi connectivity index (χ0v) is 32.4. The van der Waals surface area contributed by atoms with Crippen LogP contribution in [0.3, 0.4) is 0 Å². The number of nitrogens with zero attached hydrogens (tertiary/aromatic N) is 1. The van der Waals surface area contributed by atoms with E-state index >= 15 is 0 Å². The summed E-state index contributed by atoms with van der Waals surface area (Å²) in [6.07, 6.45) is 17.5. The Kier molecular flexibility index (Phi) is 18.2. The topological polar surface area (TPSA) is 94.5 Å². The van der Waals surface area contributed by atoms with Gasteiger partial charge in [-0.05, 0) is 60.2 Å². The summed E-state index contributed by atoms with van der Waals surface area (Å²) in [4.78, 5) is 26.6. The second-order valence-corrected chi connectivity index (χ2v) is 14.4. The van der Waals surface area contributed by atoms with Crippen molar-refractivity contribution in [3.8, 4) is 11.5 Å². The van der Waals surface area contributed by atoms with Crippen molar-refractivity contribution >= 4 is 11.9 Å². The molecule has 8 nitrogen and oxygen atoms in total. The van der Waals surface area contributed by atoms with Crippen LogP contribution in [0.25, 0.3) is 0 Å². The van der Waals surface area contributed by atoms with E-state index in [1.807, 2.05) is 71.6 Å². The average molecular weight is 730 g/mol. The molecule has 1 heterocycles. The fraction of sp³-hybridized carbons (Fsp3) is 0.556. The molecule has 4 rings (SSSR count). The number of ether oxygens (including phenoxy) is 4. The van der Waals surface area contributed by atoms with Crippen molar-refractivity contribution < 1.29 is 33.6 Å². The SMILES string of the molecule is COC(=O)CCCCCCCCCCCCCCCCC(=O)N1C[C@H](O)C[C@H]1COC(c1ccccc1)(c1ccc(OC)cc1)c1ccc(OC)cc1. The first-order chi connectivity index (χ1) is 25.9. The number of aliphatic hydroxyl groups excluding tert-OH is 1. The lowest BCUT2D eigenvalue weighted by atomic mass is 9.80. The van der Waals surface area contributed by atoms with Crippen molar-refractivity contribution in [1.29, 1.82) is 0 Å². The van der Waals surface area contributed by atoms with Gasteiger partial charge in [-0.2, -0.15) is 0 Å². The van der Waals surface area contributed by atoms with E-state index in [-0.39, 0.29) is 24.5 Å². The molecule has 0 bridgehead atoms. The van der Waals surface area contributed by atoms with Gasteiger partial charge in [0.05, 0.1) is 40.1 Å². The Labute approximate surface area is 318 Å². The summed E-state index contributed by atoms with van der Waals surface area (Å²) in [6, 6.07) is 25.8. The van der Waals surface area contributed by atoms with Crippen LogP contribution in [-0.4, -0.2) is 68.5 Å². The number of hydrogen-bond acceptors (Lipinski definition) is 7. The van der Waals surface area contributed by atoms with Gasteiger partial charge < -0.3 is 29.0 Å². The maximum absolute atomic E-state index is 13.6. The minimum atomic E-state index is -0.976. The second-order valence-electron chi connectivity index (χ2n) is 14.4. The maximum atomic E-state index is 13.6. The highest BCUT2D eigenvalue weighted by Gasteiger charge is 2.41. The van der Waals surface area contributed by atoms with Crippen LogP contribution in [0.5, 0.6) is 11.5 Å². The first-order valence-corrected chi connectivity index (χ1v) is 19.9. The Balaban J connectivity index is 1.25. The first-order valence-electron chi connectivity index (χ1n) is 19.9. The summed E-state index contributed by atoms with van der Waals surface area (Å²) in [5.74, 6) is 1.50. The average Bonchev–Trinajstić information content (AvgIpc) is 3.58. The third kappa shape index (κ3) is 12.9. The number of carbonyl (C=O) groups is 2. The van der Waals surface area contributed by atoms with Gasteiger partial charge in [-0.1, -0.05) is 132 Å². The number of amides is 1. The second kappa shape index (κ2) is 23.0. The van der Waals surface area contributed by atoms with Crippen LogP contribution in [0.1, 0.15) is 126 Å². The van der Waals surface area contributed by atoms with E-state index in [1.54, 1.807) is 14.2 Å². The smallest absolute Gasteiger partial charge is 0.305 e. The Hall–Kier alpha value is -3.88. The number of benzene rings is 3. The summed E-state index contributed by atoms with van der Waals surface area (Å²) in [5.41, 5.74) is 1.86. The molecule has 8 heteroatoms. The lowest BCUT2D eigenvalue weighted by Gasteiger charge is -2.38. The van der Waals surface area contributed by atoms with E-state index in [1.165, 1.54) is 64.9 Å². The molecular weight excluding hydrogens is 666 g/mol. The number of methoxy groups -OCH3 is 3. The molecule has 3 aromatic carbocycles. The van der Waals surface area contributed by atoms with Crippen molar-refractivity contribution in [3.63, 3.8) is 0 Å². The Morgan fingerprint density at radius 1 is 0.623 bits per heavy atom. The van der Waals surface area contributed by atoms with Crippen molar-refractivity contribution in [1.82, 2.24) is 4.90 Å². The highest BCUT2D eigenvalue weighted by Crippen LogP contribution is 2.42. The molecule has 53 heavy (non-hydrogen) atoms. The van der Waals surface area contributed by atoms with E-state index in [9.17, 15) is 14.7 Å². The lowest BCUT2D eigenvalue weighted by Crippen LogP contribution is -2.42. The predicted molar refractivity (Wildman–Crippen MR) is 210 cm³/mol. The van der Waals surface area contributed by atoms with Gasteiger partial charge in [0, 0.05) is 19.4 Å². The van der Waals surface area contributed by atoms with Gasteiger partial charge in [-0.25, -0.2) is 0 Å². The van der Waals surface area contributed by atoms with Gasteiger partial charge in [0.1, 0.15) is 17.1 Å². The number of likely N-dealkylation sites (tertiary alicyclic amines) is 1. The quantitative estimate of drug-likeness (QED) is 0.0528. The van der Waals surface area contributed by atoms with Crippen LogP contribution in [-0.2, 0) is 24.7 Å². The Morgan fingerprint density at radius 3 is 1.51 bits per heavy atom. The van der Waals surface area contributed by atoms with Crippen LogP contribution in [0.15, 0.2) is 78.9 Å². The molecule has 2 atom stereocenters. The zero-order chi connectivity index (χ0) is 37.7. The fourth-order valence-corrected chi connectivity index (χ4v) is 7.56. The molecule has 1 amide bonds. The van der Waals surface area contributed by atoms with Crippen molar-refractivity contribution in [2.75, 3.05) is 34.5 Å². The lowest BCUT2D eigenvalue weighted by molar-refractivity contribution is -0.140. The molecule has 290 valence electrons. The Bertz CT molecular complexity index is 1410. The molecule has 0 saturated carbocycles. The minimum Gasteiger partial charge on any atom is -0.497 e. The third-order valence-corrected chi connectivity index (χ3v) is 10.6. The van der Waals surface area contributed by atoms with Crippen LogP contribution < -0.4 is 9.47 Å². The number of esters is 1. The summed E-state index contributed by atoms with van der Waals surface area (Å²) >= 11 is 0. The largest absolute Gasteiger partial charge is 0.497 e. The number of rotatable bonds is 25. The zero-order valence-electron chi connectivity index (χ0n) is 32.4. The van der Waals surface area contributed by atoms with Crippen molar-refractivity contribution in [2.24, 2.45) is 0 Å². The highest BCUT2D eigenvalue weighted by molar-refractivity contribution is 5.77. The number of β-amino-alcohol motifs (C(OH)–C–C–N with tert-alkyl or cyclic N) is 1. The molecule has 1 N–H and O–H groups in total.